The largest absolute Gasteiger partial charge is 0.395 e. The lowest BCUT2D eigenvalue weighted by atomic mass is 10.1. The van der Waals surface area contributed by atoms with Crippen LogP contribution in [-0.2, 0) is 6.54 Å². The van der Waals surface area contributed by atoms with Crippen LogP contribution in [0.25, 0.3) is 0 Å². The zero-order valence-electron chi connectivity index (χ0n) is 11.0. The molecule has 2 rings (SSSR count). The molecule has 0 aliphatic heterocycles. The van der Waals surface area contributed by atoms with E-state index < -0.39 is 0 Å². The fraction of sp³-hybridized carbons (Fsp3) is 0.188. The number of amides is 1. The Morgan fingerprint density at radius 2 is 1.70 bits per heavy atom. The maximum Gasteiger partial charge on any atom is 0.254 e. The Bertz CT molecular complexity index is 554. The van der Waals surface area contributed by atoms with E-state index in [0.29, 0.717) is 12.1 Å². The van der Waals surface area contributed by atoms with E-state index in [4.69, 9.17) is 5.11 Å². The Morgan fingerprint density at radius 1 is 1.05 bits per heavy atom. The van der Waals surface area contributed by atoms with E-state index in [1.54, 1.807) is 4.90 Å². The quantitative estimate of drug-likeness (QED) is 0.909. The van der Waals surface area contributed by atoms with Gasteiger partial charge in [0, 0.05) is 18.7 Å². The predicted molar refractivity (Wildman–Crippen MR) is 74.7 cm³/mol. The molecule has 2 aromatic carbocycles. The standard InChI is InChI=1S/C16H16FNO2/c17-15-8-6-14(7-9-15)16(20)18(10-11-19)12-13-4-2-1-3-5-13/h1-9,19H,10-12H2. The number of carbonyl (C=O) groups excluding carboxylic acids is 1. The second kappa shape index (κ2) is 6.82. The van der Waals surface area contributed by atoms with Gasteiger partial charge in [-0.15, -0.1) is 0 Å². The first-order chi connectivity index (χ1) is 9.70. The van der Waals surface area contributed by atoms with Crippen LogP contribution in [0.1, 0.15) is 15.9 Å². The molecule has 0 fully saturated rings. The zero-order chi connectivity index (χ0) is 14.4. The van der Waals surface area contributed by atoms with Crippen LogP contribution in [0.4, 0.5) is 4.39 Å². The van der Waals surface area contributed by atoms with Crippen molar-refractivity contribution in [3.05, 3.63) is 71.5 Å². The molecule has 0 saturated heterocycles. The SMILES string of the molecule is O=C(c1ccc(F)cc1)N(CCO)Cc1ccccc1. The summed E-state index contributed by atoms with van der Waals surface area (Å²) in [5, 5.41) is 9.10. The number of nitrogens with zero attached hydrogens (tertiary/aromatic N) is 1. The number of carbonyl (C=O) groups is 1. The lowest BCUT2D eigenvalue weighted by molar-refractivity contribution is 0.0708. The molecule has 0 unspecified atom stereocenters. The molecule has 1 N–H and O–H groups in total. The average Bonchev–Trinajstić information content (AvgIpc) is 2.48. The number of hydrogen-bond acceptors (Lipinski definition) is 2. The van der Waals surface area contributed by atoms with Crippen molar-refractivity contribution in [1.82, 2.24) is 4.90 Å². The molecule has 1 amide bonds. The minimum atomic E-state index is -0.377. The summed E-state index contributed by atoms with van der Waals surface area (Å²) < 4.78 is 12.9. The summed E-state index contributed by atoms with van der Waals surface area (Å²) in [6, 6.07) is 15.0. The van der Waals surface area contributed by atoms with Gasteiger partial charge in [-0.2, -0.15) is 0 Å². The van der Waals surface area contributed by atoms with Gasteiger partial charge in [0.05, 0.1) is 6.61 Å². The Hall–Kier alpha value is -2.20. The van der Waals surface area contributed by atoms with Crippen molar-refractivity contribution in [3.63, 3.8) is 0 Å². The van der Waals surface area contributed by atoms with Crippen LogP contribution in [0.15, 0.2) is 54.6 Å². The van der Waals surface area contributed by atoms with Gasteiger partial charge in [-0.1, -0.05) is 30.3 Å². The summed E-state index contributed by atoms with van der Waals surface area (Å²) in [5.74, 6) is -0.596. The van der Waals surface area contributed by atoms with Crippen LogP contribution in [0.2, 0.25) is 0 Å². The van der Waals surface area contributed by atoms with E-state index >= 15 is 0 Å². The molecule has 0 spiro atoms. The first kappa shape index (κ1) is 14.2. The molecule has 0 aromatic heterocycles. The second-order valence-electron chi connectivity index (χ2n) is 4.44. The highest BCUT2D eigenvalue weighted by atomic mass is 19.1. The Balaban J connectivity index is 2.15. The maximum atomic E-state index is 12.9. The average molecular weight is 273 g/mol. The fourth-order valence-electron chi connectivity index (χ4n) is 1.95. The highest BCUT2D eigenvalue weighted by molar-refractivity contribution is 5.94. The molecule has 0 heterocycles. The molecule has 3 nitrogen and oxygen atoms in total. The van der Waals surface area contributed by atoms with E-state index in [1.165, 1.54) is 24.3 Å². The molecule has 4 heteroatoms. The molecule has 0 radical (unpaired) electrons. The zero-order valence-corrected chi connectivity index (χ0v) is 11.0. The molecule has 0 atom stereocenters. The molecular weight excluding hydrogens is 257 g/mol. The summed E-state index contributed by atoms with van der Waals surface area (Å²) in [4.78, 5) is 13.9. The minimum Gasteiger partial charge on any atom is -0.395 e. The number of halogens is 1. The van der Waals surface area contributed by atoms with Gasteiger partial charge in [0.15, 0.2) is 0 Å². The highest BCUT2D eigenvalue weighted by Crippen LogP contribution is 2.10. The smallest absolute Gasteiger partial charge is 0.254 e. The van der Waals surface area contributed by atoms with E-state index in [2.05, 4.69) is 0 Å². The maximum absolute atomic E-state index is 12.9. The Kier molecular flexibility index (Phi) is 4.85. The summed E-state index contributed by atoms with van der Waals surface area (Å²) >= 11 is 0. The van der Waals surface area contributed by atoms with Crippen molar-refractivity contribution >= 4 is 5.91 Å². The third-order valence-corrected chi connectivity index (χ3v) is 2.96. The number of aliphatic hydroxyl groups is 1. The van der Waals surface area contributed by atoms with Gasteiger partial charge in [-0.05, 0) is 29.8 Å². The number of aliphatic hydroxyl groups excluding tert-OH is 1. The van der Waals surface area contributed by atoms with Gasteiger partial charge in [0.25, 0.3) is 5.91 Å². The molecule has 104 valence electrons. The molecular formula is C16H16FNO2. The third kappa shape index (κ3) is 3.65. The van der Waals surface area contributed by atoms with Crippen LogP contribution in [-0.4, -0.2) is 29.1 Å². The Labute approximate surface area is 117 Å². The van der Waals surface area contributed by atoms with Crippen LogP contribution in [0.3, 0.4) is 0 Å². The van der Waals surface area contributed by atoms with E-state index in [0.717, 1.165) is 5.56 Å². The summed E-state index contributed by atoms with van der Waals surface area (Å²) in [5.41, 5.74) is 1.40. The molecule has 0 saturated carbocycles. The molecule has 0 aliphatic carbocycles. The summed E-state index contributed by atoms with van der Waals surface area (Å²) in [6.45, 7) is 0.544. The lowest BCUT2D eigenvalue weighted by Crippen LogP contribution is -2.33. The van der Waals surface area contributed by atoms with Crippen molar-refractivity contribution in [2.75, 3.05) is 13.2 Å². The molecule has 0 aliphatic rings. The monoisotopic (exact) mass is 273 g/mol. The van der Waals surface area contributed by atoms with Gasteiger partial charge < -0.3 is 10.0 Å². The second-order valence-corrected chi connectivity index (χ2v) is 4.44. The van der Waals surface area contributed by atoms with E-state index in [1.807, 2.05) is 30.3 Å². The van der Waals surface area contributed by atoms with Crippen molar-refractivity contribution < 1.29 is 14.3 Å². The number of hydrogen-bond donors (Lipinski definition) is 1. The Morgan fingerprint density at radius 3 is 2.30 bits per heavy atom. The van der Waals surface area contributed by atoms with Gasteiger partial charge in [0.2, 0.25) is 0 Å². The number of rotatable bonds is 5. The normalized spacial score (nSPS) is 10.3. The van der Waals surface area contributed by atoms with Crippen LogP contribution < -0.4 is 0 Å². The molecule has 2 aromatic rings. The van der Waals surface area contributed by atoms with Crippen molar-refractivity contribution in [2.24, 2.45) is 0 Å². The van der Waals surface area contributed by atoms with Crippen molar-refractivity contribution in [2.45, 2.75) is 6.54 Å². The van der Waals surface area contributed by atoms with E-state index in [9.17, 15) is 9.18 Å². The third-order valence-electron chi connectivity index (χ3n) is 2.96. The van der Waals surface area contributed by atoms with Gasteiger partial charge in [0.1, 0.15) is 5.82 Å². The first-order valence-electron chi connectivity index (χ1n) is 6.40. The molecule has 20 heavy (non-hydrogen) atoms. The molecule has 0 bridgehead atoms. The predicted octanol–water partition coefficient (Wildman–Crippen LogP) is 2.46. The van der Waals surface area contributed by atoms with Gasteiger partial charge in [-0.25, -0.2) is 4.39 Å². The fourth-order valence-corrected chi connectivity index (χ4v) is 1.95. The topological polar surface area (TPSA) is 40.5 Å². The highest BCUT2D eigenvalue weighted by Gasteiger charge is 2.15. The van der Waals surface area contributed by atoms with Gasteiger partial charge >= 0.3 is 0 Å². The lowest BCUT2D eigenvalue weighted by Gasteiger charge is -2.22. The van der Waals surface area contributed by atoms with Crippen molar-refractivity contribution in [1.29, 1.82) is 0 Å². The van der Waals surface area contributed by atoms with Crippen LogP contribution in [0.5, 0.6) is 0 Å². The van der Waals surface area contributed by atoms with Gasteiger partial charge in [-0.3, -0.25) is 4.79 Å². The van der Waals surface area contributed by atoms with E-state index in [-0.39, 0.29) is 24.9 Å². The van der Waals surface area contributed by atoms with Crippen LogP contribution in [0, 0.1) is 5.82 Å². The minimum absolute atomic E-state index is 0.111. The summed E-state index contributed by atoms with van der Waals surface area (Å²) in [6.07, 6.45) is 0. The van der Waals surface area contributed by atoms with Crippen LogP contribution >= 0.6 is 0 Å². The number of benzene rings is 2. The first-order valence-corrected chi connectivity index (χ1v) is 6.40. The summed E-state index contributed by atoms with van der Waals surface area (Å²) in [7, 11) is 0. The van der Waals surface area contributed by atoms with Crippen molar-refractivity contribution in [3.8, 4) is 0 Å².